The van der Waals surface area contributed by atoms with Gasteiger partial charge in [0.1, 0.15) is 5.01 Å². The minimum atomic E-state index is 0.297. The third kappa shape index (κ3) is 4.79. The number of halogens is 1. The Hall–Kier alpha value is -2.50. The highest BCUT2D eigenvalue weighted by atomic mass is 35.5. The SMILES string of the molecule is Clc1ccccc1-c1nc(CN2CCN(C(c3ccccc3)c3ccccc3)CC2)cs1. The van der Waals surface area contributed by atoms with E-state index in [4.69, 9.17) is 16.6 Å². The molecule has 0 atom stereocenters. The number of rotatable bonds is 6. The van der Waals surface area contributed by atoms with E-state index in [1.54, 1.807) is 11.3 Å². The normalized spacial score (nSPS) is 15.3. The minimum Gasteiger partial charge on any atom is -0.295 e. The third-order valence-corrected chi connectivity index (χ3v) is 7.30. The molecule has 3 aromatic carbocycles. The highest BCUT2D eigenvalue weighted by Crippen LogP contribution is 2.32. The summed E-state index contributed by atoms with van der Waals surface area (Å²) in [6.07, 6.45) is 0. The predicted octanol–water partition coefficient (Wildman–Crippen LogP) is 6.37. The number of thiazole rings is 1. The largest absolute Gasteiger partial charge is 0.295 e. The van der Waals surface area contributed by atoms with Gasteiger partial charge >= 0.3 is 0 Å². The fourth-order valence-electron chi connectivity index (χ4n) is 4.43. The molecule has 32 heavy (non-hydrogen) atoms. The van der Waals surface area contributed by atoms with Gasteiger partial charge in [-0.25, -0.2) is 4.98 Å². The summed E-state index contributed by atoms with van der Waals surface area (Å²) in [6, 6.07) is 29.9. The molecule has 1 aromatic heterocycles. The number of nitrogens with zero attached hydrogens (tertiary/aromatic N) is 3. The average molecular weight is 460 g/mol. The van der Waals surface area contributed by atoms with Gasteiger partial charge in [-0.2, -0.15) is 0 Å². The Morgan fingerprint density at radius 2 is 1.38 bits per heavy atom. The molecule has 0 radical (unpaired) electrons. The van der Waals surface area contributed by atoms with E-state index in [1.165, 1.54) is 11.1 Å². The van der Waals surface area contributed by atoms with Crippen molar-refractivity contribution in [3.05, 3.63) is 112 Å². The van der Waals surface area contributed by atoms with E-state index in [1.807, 2.05) is 24.3 Å². The van der Waals surface area contributed by atoms with Crippen LogP contribution in [-0.2, 0) is 6.54 Å². The van der Waals surface area contributed by atoms with E-state index in [0.717, 1.165) is 54.0 Å². The van der Waals surface area contributed by atoms with Crippen molar-refractivity contribution in [3.8, 4) is 10.6 Å². The molecule has 0 N–H and O–H groups in total. The molecule has 1 aliphatic heterocycles. The zero-order chi connectivity index (χ0) is 21.8. The van der Waals surface area contributed by atoms with E-state index >= 15 is 0 Å². The lowest BCUT2D eigenvalue weighted by atomic mass is 9.96. The maximum absolute atomic E-state index is 6.36. The zero-order valence-corrected chi connectivity index (χ0v) is 19.5. The van der Waals surface area contributed by atoms with Crippen LogP contribution < -0.4 is 0 Å². The van der Waals surface area contributed by atoms with Crippen molar-refractivity contribution in [2.24, 2.45) is 0 Å². The number of aromatic nitrogens is 1. The van der Waals surface area contributed by atoms with Gasteiger partial charge in [-0.3, -0.25) is 9.80 Å². The molecule has 5 heteroatoms. The molecule has 162 valence electrons. The van der Waals surface area contributed by atoms with Gasteiger partial charge in [0, 0.05) is 43.7 Å². The van der Waals surface area contributed by atoms with Crippen molar-refractivity contribution in [1.82, 2.24) is 14.8 Å². The van der Waals surface area contributed by atoms with Gasteiger partial charge in [0.25, 0.3) is 0 Å². The van der Waals surface area contributed by atoms with Crippen LogP contribution in [0.25, 0.3) is 10.6 Å². The smallest absolute Gasteiger partial charge is 0.125 e. The molecule has 0 saturated carbocycles. The molecule has 5 rings (SSSR count). The first kappa shape index (κ1) is 21.4. The van der Waals surface area contributed by atoms with Crippen LogP contribution in [0.1, 0.15) is 22.9 Å². The molecule has 3 nitrogen and oxygen atoms in total. The van der Waals surface area contributed by atoms with Gasteiger partial charge in [-0.15, -0.1) is 11.3 Å². The molecule has 0 spiro atoms. The molecule has 0 unspecified atom stereocenters. The van der Waals surface area contributed by atoms with Gasteiger partial charge in [0.2, 0.25) is 0 Å². The molecule has 1 saturated heterocycles. The quantitative estimate of drug-likeness (QED) is 0.334. The van der Waals surface area contributed by atoms with Gasteiger partial charge in [0.15, 0.2) is 0 Å². The van der Waals surface area contributed by atoms with E-state index in [9.17, 15) is 0 Å². The van der Waals surface area contributed by atoms with Crippen LogP contribution in [0.2, 0.25) is 5.02 Å². The van der Waals surface area contributed by atoms with Crippen LogP contribution in [0.15, 0.2) is 90.3 Å². The van der Waals surface area contributed by atoms with Gasteiger partial charge < -0.3 is 0 Å². The van der Waals surface area contributed by atoms with Gasteiger partial charge in [-0.05, 0) is 17.2 Å². The molecule has 1 aliphatic rings. The molecular weight excluding hydrogens is 434 g/mol. The second-order valence-corrected chi connectivity index (χ2v) is 9.43. The van der Waals surface area contributed by atoms with Crippen LogP contribution >= 0.6 is 22.9 Å². The van der Waals surface area contributed by atoms with Crippen molar-refractivity contribution in [2.45, 2.75) is 12.6 Å². The molecule has 0 bridgehead atoms. The standard InChI is InChI=1S/C27H26ClN3S/c28-25-14-8-7-13-24(25)27-29-23(20-32-27)19-30-15-17-31(18-16-30)26(21-9-3-1-4-10-21)22-11-5-2-6-12-22/h1-14,20,26H,15-19H2. The maximum atomic E-state index is 6.36. The summed E-state index contributed by atoms with van der Waals surface area (Å²) in [4.78, 5) is 9.98. The van der Waals surface area contributed by atoms with Crippen molar-refractivity contribution >= 4 is 22.9 Å². The van der Waals surface area contributed by atoms with Crippen LogP contribution in [0.4, 0.5) is 0 Å². The maximum Gasteiger partial charge on any atom is 0.125 e. The monoisotopic (exact) mass is 459 g/mol. The molecule has 4 aromatic rings. The van der Waals surface area contributed by atoms with E-state index in [2.05, 4.69) is 75.8 Å². The van der Waals surface area contributed by atoms with Crippen molar-refractivity contribution in [3.63, 3.8) is 0 Å². The summed E-state index contributed by atoms with van der Waals surface area (Å²) < 4.78 is 0. The highest BCUT2D eigenvalue weighted by Gasteiger charge is 2.26. The average Bonchev–Trinajstić information content (AvgIpc) is 3.30. The summed E-state index contributed by atoms with van der Waals surface area (Å²) >= 11 is 8.03. The van der Waals surface area contributed by atoms with Crippen molar-refractivity contribution in [1.29, 1.82) is 0 Å². The molecule has 0 aliphatic carbocycles. The van der Waals surface area contributed by atoms with Crippen molar-refractivity contribution < 1.29 is 0 Å². The topological polar surface area (TPSA) is 19.4 Å². The number of benzene rings is 3. The number of hydrogen-bond acceptors (Lipinski definition) is 4. The van der Waals surface area contributed by atoms with E-state index in [0.29, 0.717) is 6.04 Å². The fraction of sp³-hybridized carbons (Fsp3) is 0.222. The van der Waals surface area contributed by atoms with E-state index < -0.39 is 0 Å². The van der Waals surface area contributed by atoms with Gasteiger partial charge in [-0.1, -0.05) is 90.5 Å². The Bertz CT molecular complexity index is 1100. The second kappa shape index (κ2) is 9.97. The van der Waals surface area contributed by atoms with Gasteiger partial charge in [0.05, 0.1) is 16.8 Å². The van der Waals surface area contributed by atoms with Crippen molar-refractivity contribution in [2.75, 3.05) is 26.2 Å². The minimum absolute atomic E-state index is 0.297. The summed E-state index contributed by atoms with van der Waals surface area (Å²) in [5.74, 6) is 0. The van der Waals surface area contributed by atoms with Crippen LogP contribution in [0, 0.1) is 0 Å². The lowest BCUT2D eigenvalue weighted by molar-refractivity contribution is 0.104. The first-order valence-corrected chi connectivity index (χ1v) is 12.3. The summed E-state index contributed by atoms with van der Waals surface area (Å²) in [7, 11) is 0. The lowest BCUT2D eigenvalue weighted by Crippen LogP contribution is -2.47. The fourth-order valence-corrected chi connectivity index (χ4v) is 5.56. The molecule has 0 amide bonds. The zero-order valence-electron chi connectivity index (χ0n) is 17.9. The van der Waals surface area contributed by atoms with Crippen LogP contribution in [-0.4, -0.2) is 41.0 Å². The lowest BCUT2D eigenvalue weighted by Gasteiger charge is -2.39. The second-order valence-electron chi connectivity index (χ2n) is 8.16. The highest BCUT2D eigenvalue weighted by molar-refractivity contribution is 7.13. The Morgan fingerprint density at radius 3 is 2.00 bits per heavy atom. The molecular formula is C27H26ClN3S. The van der Waals surface area contributed by atoms with Crippen LogP contribution in [0.5, 0.6) is 0 Å². The number of piperazine rings is 1. The summed E-state index contributed by atoms with van der Waals surface area (Å²) in [6.45, 7) is 5.03. The first-order chi connectivity index (χ1) is 15.8. The molecule has 2 heterocycles. The predicted molar refractivity (Wildman–Crippen MR) is 134 cm³/mol. The first-order valence-electron chi connectivity index (χ1n) is 11.0. The third-order valence-electron chi connectivity index (χ3n) is 6.04. The van der Waals surface area contributed by atoms with Crippen LogP contribution in [0.3, 0.4) is 0 Å². The summed E-state index contributed by atoms with van der Waals surface area (Å²) in [5.41, 5.74) is 4.86. The Labute approximate surface area is 198 Å². The Kier molecular flexibility index (Phi) is 6.65. The summed E-state index contributed by atoms with van der Waals surface area (Å²) in [5, 5.41) is 3.93. The van der Waals surface area contributed by atoms with E-state index in [-0.39, 0.29) is 0 Å². The molecule has 1 fully saturated rings. The number of hydrogen-bond donors (Lipinski definition) is 0. The Morgan fingerprint density at radius 1 is 0.781 bits per heavy atom. The Balaban J connectivity index is 1.26.